The fraction of sp³-hybridized carbons (Fsp3) is 0.286. The molecule has 1 heterocycles. The summed E-state index contributed by atoms with van der Waals surface area (Å²) in [5.74, 6) is 0.540. The maximum atomic E-state index is 12.8. The molecule has 142 valence electrons. The van der Waals surface area contributed by atoms with E-state index in [9.17, 15) is 13.2 Å². The maximum Gasteiger partial charge on any atom is 0.246 e. The Morgan fingerprint density at radius 3 is 2.26 bits per heavy atom. The highest BCUT2D eigenvalue weighted by molar-refractivity contribution is 7.92. The van der Waals surface area contributed by atoms with Crippen LogP contribution in [0.5, 0.6) is 5.75 Å². The molecule has 0 aromatic heterocycles. The van der Waals surface area contributed by atoms with Crippen molar-refractivity contribution < 1.29 is 17.9 Å². The first-order valence-electron chi connectivity index (χ1n) is 8.90. The minimum atomic E-state index is -3.40. The average molecular weight is 385 g/mol. The number of hydrogen-bond acceptors (Lipinski definition) is 4. The van der Waals surface area contributed by atoms with Gasteiger partial charge in [0.05, 0.1) is 17.3 Å². The number of carbonyl (C=O) groups is 1. The molecule has 0 unspecified atom stereocenters. The highest BCUT2D eigenvalue weighted by atomic mass is 32.2. The van der Waals surface area contributed by atoms with Gasteiger partial charge in [-0.25, -0.2) is 8.42 Å². The Hall–Kier alpha value is -2.60. The van der Waals surface area contributed by atoms with E-state index in [0.29, 0.717) is 36.6 Å². The summed E-state index contributed by atoms with van der Waals surface area (Å²) in [6.45, 7) is 0.885. The molecule has 0 aliphatic carbocycles. The largest absolute Gasteiger partial charge is 0.497 e. The molecule has 0 saturated carbocycles. The van der Waals surface area contributed by atoms with E-state index < -0.39 is 15.1 Å². The third kappa shape index (κ3) is 4.57. The summed E-state index contributed by atoms with van der Waals surface area (Å²) in [5, 5.41) is -0.465. The van der Waals surface area contributed by atoms with Crippen molar-refractivity contribution in [3.05, 3.63) is 66.2 Å². The van der Waals surface area contributed by atoms with E-state index in [1.807, 2.05) is 30.3 Å². The van der Waals surface area contributed by atoms with Gasteiger partial charge in [-0.05, 0) is 48.7 Å². The van der Waals surface area contributed by atoms with E-state index in [2.05, 4.69) is 0 Å². The first kappa shape index (κ1) is 19.2. The van der Waals surface area contributed by atoms with Crippen LogP contribution in [0.15, 0.2) is 65.6 Å². The van der Waals surface area contributed by atoms with Gasteiger partial charge in [0.2, 0.25) is 5.91 Å². The molecule has 2 aromatic rings. The summed E-state index contributed by atoms with van der Waals surface area (Å²) in [6, 6.07) is 16.1. The molecule has 0 bridgehead atoms. The molecule has 3 rings (SSSR count). The normalized spacial score (nSPS) is 15.8. The predicted octanol–water partition coefficient (Wildman–Crippen LogP) is 3.17. The second-order valence-corrected chi connectivity index (χ2v) is 8.72. The molecular weight excluding hydrogens is 362 g/mol. The highest BCUT2D eigenvalue weighted by Gasteiger charge is 2.32. The molecular formula is C21H23NO4S. The minimum Gasteiger partial charge on any atom is -0.497 e. The van der Waals surface area contributed by atoms with E-state index in [-0.39, 0.29) is 5.91 Å². The van der Waals surface area contributed by atoms with Crippen LogP contribution in [-0.2, 0) is 14.6 Å². The van der Waals surface area contributed by atoms with Crippen LogP contribution in [0.4, 0.5) is 0 Å². The van der Waals surface area contributed by atoms with Crippen molar-refractivity contribution in [2.45, 2.75) is 23.0 Å². The van der Waals surface area contributed by atoms with Gasteiger partial charge in [-0.3, -0.25) is 4.79 Å². The van der Waals surface area contributed by atoms with Crippen LogP contribution in [0.2, 0.25) is 0 Å². The van der Waals surface area contributed by atoms with Gasteiger partial charge in [0.1, 0.15) is 5.75 Å². The number of hydrogen-bond donors (Lipinski definition) is 0. The maximum absolute atomic E-state index is 12.8. The number of carbonyl (C=O) groups excluding carboxylic acids is 1. The van der Waals surface area contributed by atoms with Crippen molar-refractivity contribution in [1.29, 1.82) is 0 Å². The smallest absolute Gasteiger partial charge is 0.246 e. The van der Waals surface area contributed by atoms with Gasteiger partial charge < -0.3 is 9.64 Å². The third-order valence-corrected chi connectivity index (χ3v) is 7.08. The van der Waals surface area contributed by atoms with Crippen LogP contribution < -0.4 is 4.74 Å². The lowest BCUT2D eigenvalue weighted by Crippen LogP contribution is -2.41. The van der Waals surface area contributed by atoms with Gasteiger partial charge in [-0.1, -0.05) is 30.3 Å². The third-order valence-electron chi connectivity index (χ3n) is 4.80. The molecule has 0 atom stereocenters. The number of ether oxygens (including phenoxy) is 1. The zero-order chi connectivity index (χ0) is 19.3. The van der Waals surface area contributed by atoms with Crippen LogP contribution in [0.1, 0.15) is 18.4 Å². The fourth-order valence-electron chi connectivity index (χ4n) is 3.18. The van der Waals surface area contributed by atoms with Gasteiger partial charge in [-0.2, -0.15) is 0 Å². The Labute approximate surface area is 160 Å². The Kier molecular flexibility index (Phi) is 5.96. The number of benzene rings is 2. The Bertz CT molecular complexity index is 897. The minimum absolute atomic E-state index is 0.0841. The fourth-order valence-corrected chi connectivity index (χ4v) is 4.91. The second kappa shape index (κ2) is 8.39. The molecule has 0 N–H and O–H groups in total. The molecule has 6 heteroatoms. The molecule has 1 saturated heterocycles. The van der Waals surface area contributed by atoms with Crippen LogP contribution in [0, 0.1) is 0 Å². The number of methoxy groups -OCH3 is 1. The lowest BCUT2D eigenvalue weighted by Gasteiger charge is -2.31. The molecule has 1 amide bonds. The van der Waals surface area contributed by atoms with Crippen molar-refractivity contribution in [2.24, 2.45) is 0 Å². The summed E-state index contributed by atoms with van der Waals surface area (Å²) in [5.41, 5.74) is 0.961. The Morgan fingerprint density at radius 1 is 1.04 bits per heavy atom. The van der Waals surface area contributed by atoms with Crippen LogP contribution in [0.25, 0.3) is 6.08 Å². The first-order chi connectivity index (χ1) is 13.0. The van der Waals surface area contributed by atoms with Crippen LogP contribution >= 0.6 is 0 Å². The number of amides is 1. The highest BCUT2D eigenvalue weighted by Crippen LogP contribution is 2.26. The summed E-state index contributed by atoms with van der Waals surface area (Å²) in [7, 11) is -1.86. The second-order valence-electron chi connectivity index (χ2n) is 6.49. The molecule has 5 nitrogen and oxygen atoms in total. The van der Waals surface area contributed by atoms with Gasteiger partial charge in [0.25, 0.3) is 0 Å². The lowest BCUT2D eigenvalue weighted by atomic mass is 10.1. The molecule has 0 spiro atoms. The van der Waals surface area contributed by atoms with E-state index in [0.717, 1.165) is 5.56 Å². The monoisotopic (exact) mass is 385 g/mol. The average Bonchev–Trinajstić information content (AvgIpc) is 2.73. The summed E-state index contributed by atoms with van der Waals surface area (Å²) in [6.07, 6.45) is 4.22. The number of sulfone groups is 1. The SMILES string of the molecule is COc1ccc(S(=O)(=O)C2CCN(C(=O)C=Cc3ccccc3)CC2)cc1. The van der Waals surface area contributed by atoms with E-state index in [4.69, 9.17) is 4.74 Å². The van der Waals surface area contributed by atoms with E-state index in [1.54, 1.807) is 48.4 Å². The molecule has 2 aromatic carbocycles. The molecule has 1 fully saturated rings. The van der Waals surface area contributed by atoms with Crippen molar-refractivity contribution in [1.82, 2.24) is 4.90 Å². The summed E-state index contributed by atoms with van der Waals surface area (Å²) in [4.78, 5) is 14.4. The van der Waals surface area contributed by atoms with Crippen molar-refractivity contribution >= 4 is 21.8 Å². The molecule has 1 aliphatic heterocycles. The predicted molar refractivity (Wildman–Crippen MR) is 105 cm³/mol. The number of piperidine rings is 1. The topological polar surface area (TPSA) is 63.7 Å². The van der Waals surface area contributed by atoms with Crippen molar-refractivity contribution in [2.75, 3.05) is 20.2 Å². The number of nitrogens with zero attached hydrogens (tertiary/aromatic N) is 1. The number of likely N-dealkylation sites (tertiary alicyclic amines) is 1. The van der Waals surface area contributed by atoms with E-state index >= 15 is 0 Å². The molecule has 0 radical (unpaired) electrons. The lowest BCUT2D eigenvalue weighted by molar-refractivity contribution is -0.126. The van der Waals surface area contributed by atoms with Crippen molar-refractivity contribution in [3.63, 3.8) is 0 Å². The molecule has 1 aliphatic rings. The number of rotatable bonds is 5. The first-order valence-corrected chi connectivity index (χ1v) is 10.5. The summed E-state index contributed by atoms with van der Waals surface area (Å²) < 4.78 is 30.7. The zero-order valence-electron chi connectivity index (χ0n) is 15.2. The molecule has 27 heavy (non-hydrogen) atoms. The Morgan fingerprint density at radius 2 is 1.67 bits per heavy atom. The standard InChI is InChI=1S/C21H23NO4S/c1-26-18-8-10-19(11-9-18)27(24,25)20-13-15-22(16-14-20)21(23)12-7-17-5-3-2-4-6-17/h2-12,20H,13-16H2,1H3. The quantitative estimate of drug-likeness (QED) is 0.742. The van der Waals surface area contributed by atoms with Gasteiger partial charge >= 0.3 is 0 Å². The van der Waals surface area contributed by atoms with E-state index in [1.165, 1.54) is 0 Å². The van der Waals surface area contributed by atoms with Crippen molar-refractivity contribution in [3.8, 4) is 5.75 Å². The van der Waals surface area contributed by atoms with Crippen LogP contribution in [0.3, 0.4) is 0 Å². The van der Waals surface area contributed by atoms with Gasteiger partial charge in [0, 0.05) is 19.2 Å². The van der Waals surface area contributed by atoms with Crippen LogP contribution in [-0.4, -0.2) is 44.7 Å². The van der Waals surface area contributed by atoms with Gasteiger partial charge in [0.15, 0.2) is 9.84 Å². The Balaban J connectivity index is 1.60. The zero-order valence-corrected chi connectivity index (χ0v) is 16.1. The summed E-state index contributed by atoms with van der Waals surface area (Å²) >= 11 is 0. The van der Waals surface area contributed by atoms with Gasteiger partial charge in [-0.15, -0.1) is 0 Å².